The summed E-state index contributed by atoms with van der Waals surface area (Å²) in [6.07, 6.45) is 0.698. The van der Waals surface area contributed by atoms with Crippen molar-refractivity contribution in [3.8, 4) is 11.8 Å². The van der Waals surface area contributed by atoms with E-state index in [4.69, 9.17) is 0 Å². The van der Waals surface area contributed by atoms with Gasteiger partial charge in [0.25, 0.3) is 5.91 Å². The second-order valence-electron chi connectivity index (χ2n) is 5.81. The molecule has 136 valence electrons. The van der Waals surface area contributed by atoms with Gasteiger partial charge in [-0.2, -0.15) is 0 Å². The second kappa shape index (κ2) is 9.18. The van der Waals surface area contributed by atoms with Crippen LogP contribution in [0.2, 0.25) is 0 Å². The molecule has 0 aliphatic rings. The molecule has 1 amide bonds. The molecule has 26 heavy (non-hydrogen) atoms. The fourth-order valence-electron chi connectivity index (χ4n) is 2.10. The zero-order valence-electron chi connectivity index (χ0n) is 14.8. The van der Waals surface area contributed by atoms with Crippen LogP contribution in [-0.4, -0.2) is 26.9 Å². The summed E-state index contributed by atoms with van der Waals surface area (Å²) in [5.41, 5.74) is 1.26. The van der Waals surface area contributed by atoms with Gasteiger partial charge in [-0.15, -0.1) is 0 Å². The number of nitrogens with one attached hydrogen (secondary N) is 2. The van der Waals surface area contributed by atoms with E-state index in [0.717, 1.165) is 5.56 Å². The first kappa shape index (κ1) is 19.7. The zero-order valence-corrected chi connectivity index (χ0v) is 15.6. The number of hydrogen-bond donors (Lipinski definition) is 2. The van der Waals surface area contributed by atoms with Crippen molar-refractivity contribution in [2.75, 3.05) is 6.54 Å². The topological polar surface area (TPSA) is 75.3 Å². The van der Waals surface area contributed by atoms with E-state index in [2.05, 4.69) is 21.9 Å². The molecule has 0 aliphatic heterocycles. The third-order valence-electron chi connectivity index (χ3n) is 3.74. The van der Waals surface area contributed by atoms with Gasteiger partial charge in [0.15, 0.2) is 0 Å². The lowest BCUT2D eigenvalue weighted by Crippen LogP contribution is -2.32. The monoisotopic (exact) mass is 370 g/mol. The summed E-state index contributed by atoms with van der Waals surface area (Å²) in [4.78, 5) is 12.2. The molecule has 0 saturated heterocycles. The number of hydrogen-bond acceptors (Lipinski definition) is 3. The predicted octanol–water partition coefficient (Wildman–Crippen LogP) is 2.54. The van der Waals surface area contributed by atoms with Crippen LogP contribution >= 0.6 is 0 Å². The largest absolute Gasteiger partial charge is 0.341 e. The van der Waals surface area contributed by atoms with Crippen molar-refractivity contribution in [1.82, 2.24) is 10.0 Å². The summed E-state index contributed by atoms with van der Waals surface area (Å²) in [5.74, 6) is 5.53. The van der Waals surface area contributed by atoms with E-state index in [0.29, 0.717) is 12.0 Å². The minimum atomic E-state index is -3.57. The quantitative estimate of drug-likeness (QED) is 0.768. The van der Waals surface area contributed by atoms with Crippen molar-refractivity contribution in [2.24, 2.45) is 0 Å². The summed E-state index contributed by atoms with van der Waals surface area (Å²) >= 11 is 0. The molecule has 1 atom stereocenters. The molecule has 2 aromatic rings. The van der Waals surface area contributed by atoms with Crippen LogP contribution < -0.4 is 10.0 Å². The summed E-state index contributed by atoms with van der Waals surface area (Å²) in [6, 6.07) is 15.2. The van der Waals surface area contributed by atoms with Gasteiger partial charge in [-0.25, -0.2) is 13.1 Å². The van der Waals surface area contributed by atoms with Crippen LogP contribution in [0.4, 0.5) is 0 Å². The van der Waals surface area contributed by atoms with Crippen LogP contribution in [0, 0.1) is 11.8 Å². The molecular formula is C20H22N2O3S. The molecule has 5 nitrogen and oxygen atoms in total. The van der Waals surface area contributed by atoms with E-state index in [1.54, 1.807) is 6.92 Å². The van der Waals surface area contributed by atoms with Gasteiger partial charge in [-0.1, -0.05) is 37.0 Å². The molecule has 0 saturated carbocycles. The Morgan fingerprint density at radius 2 is 1.73 bits per heavy atom. The average Bonchev–Trinajstić information content (AvgIpc) is 2.65. The highest BCUT2D eigenvalue weighted by Crippen LogP contribution is 2.11. The molecule has 6 heteroatoms. The Morgan fingerprint density at radius 1 is 1.08 bits per heavy atom. The number of sulfonamides is 1. The first-order chi connectivity index (χ1) is 12.4. The van der Waals surface area contributed by atoms with Crippen LogP contribution in [0.15, 0.2) is 59.5 Å². The number of benzene rings is 2. The second-order valence-corrected chi connectivity index (χ2v) is 7.52. The normalized spacial score (nSPS) is 11.9. The number of carbonyl (C=O) groups excluding carboxylic acids is 1. The lowest BCUT2D eigenvalue weighted by atomic mass is 10.2. The summed E-state index contributed by atoms with van der Waals surface area (Å²) in [5, 5.41) is 2.69. The summed E-state index contributed by atoms with van der Waals surface area (Å²) in [6.45, 7) is 3.92. The standard InChI is InChI=1S/C20H22N2O3S/c1-3-16(2)22-26(24,25)19-13-11-18(12-14-19)20(23)21-15-7-10-17-8-5-4-6-9-17/h4-6,8-9,11-14,16,22H,3,15H2,1-2H3,(H,21,23). The first-order valence-electron chi connectivity index (χ1n) is 8.37. The molecule has 0 spiro atoms. The Bertz CT molecular complexity index is 896. The highest BCUT2D eigenvalue weighted by atomic mass is 32.2. The summed E-state index contributed by atoms with van der Waals surface area (Å²) in [7, 11) is -3.57. The average molecular weight is 370 g/mol. The van der Waals surface area contributed by atoms with Crippen LogP contribution in [0.25, 0.3) is 0 Å². The van der Waals surface area contributed by atoms with Gasteiger partial charge in [-0.3, -0.25) is 4.79 Å². The van der Waals surface area contributed by atoms with Crippen LogP contribution in [0.3, 0.4) is 0 Å². The smallest absolute Gasteiger partial charge is 0.252 e. The van der Waals surface area contributed by atoms with Crippen molar-refractivity contribution in [3.63, 3.8) is 0 Å². The first-order valence-corrected chi connectivity index (χ1v) is 9.85. The van der Waals surface area contributed by atoms with E-state index >= 15 is 0 Å². The van der Waals surface area contributed by atoms with Gasteiger partial charge in [0.1, 0.15) is 0 Å². The molecular weight excluding hydrogens is 348 g/mol. The Kier molecular flexibility index (Phi) is 6.96. The SMILES string of the molecule is CCC(C)NS(=O)(=O)c1ccc(C(=O)NCC#Cc2ccccc2)cc1. The van der Waals surface area contributed by atoms with Crippen LogP contribution in [0.1, 0.15) is 36.2 Å². The van der Waals surface area contributed by atoms with E-state index in [1.807, 2.05) is 37.3 Å². The molecule has 0 aliphatic carbocycles. The highest BCUT2D eigenvalue weighted by Gasteiger charge is 2.16. The minimum absolute atomic E-state index is 0.137. The maximum atomic E-state index is 12.2. The minimum Gasteiger partial charge on any atom is -0.341 e. The number of rotatable bonds is 6. The fraction of sp³-hybridized carbons (Fsp3) is 0.250. The Balaban J connectivity index is 1.95. The third-order valence-corrected chi connectivity index (χ3v) is 5.34. The Morgan fingerprint density at radius 3 is 2.35 bits per heavy atom. The molecule has 0 aromatic heterocycles. The van der Waals surface area contributed by atoms with Crippen molar-refractivity contribution in [3.05, 3.63) is 65.7 Å². The van der Waals surface area contributed by atoms with Crippen molar-refractivity contribution < 1.29 is 13.2 Å². The number of amides is 1. The van der Waals surface area contributed by atoms with Crippen molar-refractivity contribution >= 4 is 15.9 Å². The van der Waals surface area contributed by atoms with Crippen LogP contribution in [0.5, 0.6) is 0 Å². The van der Waals surface area contributed by atoms with Gasteiger partial charge >= 0.3 is 0 Å². The number of carbonyl (C=O) groups is 1. The zero-order chi connectivity index (χ0) is 19.0. The summed E-state index contributed by atoms with van der Waals surface area (Å²) < 4.78 is 27.0. The van der Waals surface area contributed by atoms with Gasteiger partial charge in [0.2, 0.25) is 10.0 Å². The fourth-order valence-corrected chi connectivity index (χ4v) is 3.42. The van der Waals surface area contributed by atoms with E-state index in [9.17, 15) is 13.2 Å². The highest BCUT2D eigenvalue weighted by molar-refractivity contribution is 7.89. The molecule has 0 bridgehead atoms. The van der Waals surface area contributed by atoms with Crippen molar-refractivity contribution in [1.29, 1.82) is 0 Å². The maximum Gasteiger partial charge on any atom is 0.252 e. The van der Waals surface area contributed by atoms with E-state index < -0.39 is 10.0 Å². The molecule has 0 radical (unpaired) electrons. The van der Waals surface area contributed by atoms with Gasteiger partial charge in [0, 0.05) is 17.2 Å². The predicted molar refractivity (Wildman–Crippen MR) is 102 cm³/mol. The molecule has 0 fully saturated rings. The molecule has 2 rings (SSSR count). The van der Waals surface area contributed by atoms with E-state index in [1.165, 1.54) is 24.3 Å². The lowest BCUT2D eigenvalue weighted by molar-refractivity contribution is 0.0958. The van der Waals surface area contributed by atoms with Gasteiger partial charge in [0.05, 0.1) is 11.4 Å². The van der Waals surface area contributed by atoms with Crippen LogP contribution in [-0.2, 0) is 10.0 Å². The molecule has 0 heterocycles. The van der Waals surface area contributed by atoms with Crippen molar-refractivity contribution in [2.45, 2.75) is 31.2 Å². The third kappa shape index (κ3) is 5.73. The van der Waals surface area contributed by atoms with Gasteiger partial charge < -0.3 is 5.32 Å². The van der Waals surface area contributed by atoms with Gasteiger partial charge in [-0.05, 0) is 49.7 Å². The Labute approximate surface area is 154 Å². The molecule has 1 unspecified atom stereocenters. The lowest BCUT2D eigenvalue weighted by Gasteiger charge is -2.12. The maximum absolute atomic E-state index is 12.2. The molecule has 2 aromatic carbocycles. The Hall–Kier alpha value is -2.62. The van der Waals surface area contributed by atoms with E-state index in [-0.39, 0.29) is 23.4 Å². The molecule has 2 N–H and O–H groups in total.